The Morgan fingerprint density at radius 2 is 1.74 bits per heavy atom. The number of halogens is 1. The molecule has 0 atom stereocenters. The standard InChI is InChI=1S/C16H27ClN2/c1-4-10-19(11-5-2)12-9-14-7-8-16(18-6-3)15(17)13-14/h7-8,13,18H,4-6,9-12H2,1-3H3. The van der Waals surface area contributed by atoms with Gasteiger partial charge in [-0.2, -0.15) is 0 Å². The molecule has 0 aliphatic carbocycles. The third-order valence-electron chi connectivity index (χ3n) is 3.20. The second-order valence-corrected chi connectivity index (χ2v) is 5.34. The average Bonchev–Trinajstić information content (AvgIpc) is 2.39. The van der Waals surface area contributed by atoms with Gasteiger partial charge in [0.05, 0.1) is 10.7 Å². The number of hydrogen-bond acceptors (Lipinski definition) is 2. The number of benzene rings is 1. The van der Waals surface area contributed by atoms with E-state index in [0.29, 0.717) is 0 Å². The summed E-state index contributed by atoms with van der Waals surface area (Å²) in [7, 11) is 0. The van der Waals surface area contributed by atoms with E-state index in [1.165, 1.54) is 31.5 Å². The molecule has 0 bridgehead atoms. The number of hydrogen-bond donors (Lipinski definition) is 1. The molecule has 0 fully saturated rings. The van der Waals surface area contributed by atoms with E-state index in [1.807, 2.05) is 0 Å². The number of nitrogens with zero attached hydrogens (tertiary/aromatic N) is 1. The first-order valence-corrected chi connectivity index (χ1v) is 7.83. The summed E-state index contributed by atoms with van der Waals surface area (Å²) in [6.45, 7) is 11.0. The van der Waals surface area contributed by atoms with Crippen molar-refractivity contribution >= 4 is 17.3 Å². The fourth-order valence-corrected chi connectivity index (χ4v) is 2.57. The van der Waals surface area contributed by atoms with Gasteiger partial charge in [-0.05, 0) is 57.0 Å². The van der Waals surface area contributed by atoms with Crippen molar-refractivity contribution in [1.82, 2.24) is 4.90 Å². The summed E-state index contributed by atoms with van der Waals surface area (Å²) in [6.07, 6.45) is 3.52. The Hall–Kier alpha value is -0.730. The zero-order valence-corrected chi connectivity index (χ0v) is 13.3. The number of rotatable bonds is 9. The lowest BCUT2D eigenvalue weighted by Gasteiger charge is -2.21. The Kier molecular flexibility index (Phi) is 7.92. The molecule has 0 aromatic heterocycles. The van der Waals surface area contributed by atoms with Crippen molar-refractivity contribution < 1.29 is 0 Å². The van der Waals surface area contributed by atoms with E-state index in [-0.39, 0.29) is 0 Å². The molecule has 0 aliphatic rings. The molecule has 0 unspecified atom stereocenters. The van der Waals surface area contributed by atoms with Crippen molar-refractivity contribution in [2.75, 3.05) is 31.5 Å². The van der Waals surface area contributed by atoms with E-state index in [0.717, 1.165) is 30.2 Å². The minimum absolute atomic E-state index is 0.830. The molecular weight excluding hydrogens is 256 g/mol. The monoisotopic (exact) mass is 282 g/mol. The molecule has 1 rings (SSSR count). The second kappa shape index (κ2) is 9.22. The maximum Gasteiger partial charge on any atom is 0.0640 e. The molecule has 0 spiro atoms. The van der Waals surface area contributed by atoms with Crippen molar-refractivity contribution in [2.45, 2.75) is 40.0 Å². The highest BCUT2D eigenvalue weighted by molar-refractivity contribution is 6.33. The van der Waals surface area contributed by atoms with E-state index >= 15 is 0 Å². The van der Waals surface area contributed by atoms with Crippen molar-refractivity contribution in [2.24, 2.45) is 0 Å². The van der Waals surface area contributed by atoms with Gasteiger partial charge in [-0.3, -0.25) is 0 Å². The third-order valence-corrected chi connectivity index (χ3v) is 3.51. The molecule has 0 radical (unpaired) electrons. The van der Waals surface area contributed by atoms with Crippen LogP contribution in [-0.2, 0) is 6.42 Å². The molecule has 1 N–H and O–H groups in total. The van der Waals surface area contributed by atoms with Crippen LogP contribution < -0.4 is 5.32 Å². The van der Waals surface area contributed by atoms with Gasteiger partial charge in [0.2, 0.25) is 0 Å². The van der Waals surface area contributed by atoms with Crippen LogP contribution in [-0.4, -0.2) is 31.1 Å². The summed E-state index contributed by atoms with van der Waals surface area (Å²) in [5.41, 5.74) is 2.36. The third kappa shape index (κ3) is 5.84. The van der Waals surface area contributed by atoms with Gasteiger partial charge in [-0.1, -0.05) is 31.5 Å². The molecule has 1 aromatic carbocycles. The molecular formula is C16H27ClN2. The summed E-state index contributed by atoms with van der Waals surface area (Å²) in [5, 5.41) is 4.10. The molecule has 0 amide bonds. The van der Waals surface area contributed by atoms with Crippen LogP contribution in [0.3, 0.4) is 0 Å². The Labute approximate surface area is 123 Å². The van der Waals surface area contributed by atoms with Crippen LogP contribution in [0.25, 0.3) is 0 Å². The molecule has 0 saturated carbocycles. The van der Waals surface area contributed by atoms with Gasteiger partial charge in [-0.15, -0.1) is 0 Å². The van der Waals surface area contributed by atoms with Gasteiger partial charge in [-0.25, -0.2) is 0 Å². The molecule has 19 heavy (non-hydrogen) atoms. The molecule has 3 heteroatoms. The van der Waals surface area contributed by atoms with Crippen LogP contribution in [0.2, 0.25) is 5.02 Å². The van der Waals surface area contributed by atoms with Gasteiger partial charge in [0.15, 0.2) is 0 Å². The topological polar surface area (TPSA) is 15.3 Å². The largest absolute Gasteiger partial charge is 0.384 e. The highest BCUT2D eigenvalue weighted by atomic mass is 35.5. The van der Waals surface area contributed by atoms with Gasteiger partial charge < -0.3 is 10.2 Å². The van der Waals surface area contributed by atoms with Crippen LogP contribution in [0.15, 0.2) is 18.2 Å². The first-order valence-electron chi connectivity index (χ1n) is 7.45. The summed E-state index contributed by atoms with van der Waals surface area (Å²) in [4.78, 5) is 2.53. The van der Waals surface area contributed by atoms with Crippen molar-refractivity contribution in [3.63, 3.8) is 0 Å². The van der Waals surface area contributed by atoms with E-state index in [9.17, 15) is 0 Å². The minimum Gasteiger partial charge on any atom is -0.384 e. The maximum atomic E-state index is 6.27. The van der Waals surface area contributed by atoms with Crippen LogP contribution >= 0.6 is 11.6 Å². The Morgan fingerprint density at radius 3 is 2.26 bits per heavy atom. The predicted molar refractivity (Wildman–Crippen MR) is 86.3 cm³/mol. The van der Waals surface area contributed by atoms with E-state index in [1.54, 1.807) is 0 Å². The molecule has 0 heterocycles. The summed E-state index contributed by atoms with van der Waals surface area (Å²) >= 11 is 6.27. The minimum atomic E-state index is 0.830. The maximum absolute atomic E-state index is 6.27. The quantitative estimate of drug-likeness (QED) is 0.720. The number of anilines is 1. The fourth-order valence-electron chi connectivity index (χ4n) is 2.30. The molecule has 0 aliphatic heterocycles. The smallest absolute Gasteiger partial charge is 0.0640 e. The average molecular weight is 283 g/mol. The highest BCUT2D eigenvalue weighted by Gasteiger charge is 2.05. The van der Waals surface area contributed by atoms with Crippen LogP contribution in [0, 0.1) is 0 Å². The van der Waals surface area contributed by atoms with Crippen LogP contribution in [0.5, 0.6) is 0 Å². The SMILES string of the molecule is CCCN(CCC)CCc1ccc(NCC)c(Cl)c1. The van der Waals surface area contributed by atoms with Crippen molar-refractivity contribution in [3.8, 4) is 0 Å². The lowest BCUT2D eigenvalue weighted by molar-refractivity contribution is 0.278. The van der Waals surface area contributed by atoms with Gasteiger partial charge in [0.25, 0.3) is 0 Å². The first kappa shape index (κ1) is 16.3. The summed E-state index contributed by atoms with van der Waals surface area (Å²) in [6, 6.07) is 6.36. The zero-order chi connectivity index (χ0) is 14.1. The van der Waals surface area contributed by atoms with Crippen molar-refractivity contribution in [3.05, 3.63) is 28.8 Å². The summed E-state index contributed by atoms with van der Waals surface area (Å²) < 4.78 is 0. The normalized spacial score (nSPS) is 11.0. The van der Waals surface area contributed by atoms with Crippen molar-refractivity contribution in [1.29, 1.82) is 0 Å². The first-order chi connectivity index (χ1) is 9.21. The fraction of sp³-hybridized carbons (Fsp3) is 0.625. The highest BCUT2D eigenvalue weighted by Crippen LogP contribution is 2.23. The molecule has 1 aromatic rings. The Bertz CT molecular complexity index is 360. The van der Waals surface area contributed by atoms with E-state index in [4.69, 9.17) is 11.6 Å². The Morgan fingerprint density at radius 1 is 1.05 bits per heavy atom. The zero-order valence-electron chi connectivity index (χ0n) is 12.5. The van der Waals surface area contributed by atoms with Gasteiger partial charge in [0, 0.05) is 13.1 Å². The van der Waals surface area contributed by atoms with Gasteiger partial charge >= 0.3 is 0 Å². The van der Waals surface area contributed by atoms with E-state index < -0.39 is 0 Å². The predicted octanol–water partition coefficient (Wildman–Crippen LogP) is 4.44. The van der Waals surface area contributed by atoms with Gasteiger partial charge in [0.1, 0.15) is 0 Å². The van der Waals surface area contributed by atoms with Crippen LogP contribution in [0.4, 0.5) is 5.69 Å². The molecule has 108 valence electrons. The lowest BCUT2D eigenvalue weighted by Crippen LogP contribution is -2.27. The molecule has 0 saturated heterocycles. The van der Waals surface area contributed by atoms with Crippen LogP contribution in [0.1, 0.15) is 39.2 Å². The van der Waals surface area contributed by atoms with E-state index in [2.05, 4.69) is 49.2 Å². The second-order valence-electron chi connectivity index (χ2n) is 4.94. The lowest BCUT2D eigenvalue weighted by atomic mass is 10.1. The Balaban J connectivity index is 2.54. The molecule has 2 nitrogen and oxygen atoms in total. The summed E-state index contributed by atoms with van der Waals surface area (Å²) in [5.74, 6) is 0. The number of nitrogens with one attached hydrogen (secondary N) is 1.